The number of carbonyl (C=O) groups excluding carboxylic acids is 4. The lowest BCUT2D eigenvalue weighted by Gasteiger charge is -2.21. The topological polar surface area (TPSA) is 237 Å². The van der Waals surface area contributed by atoms with Gasteiger partial charge in [-0.1, -0.05) is 293 Å². The summed E-state index contributed by atoms with van der Waals surface area (Å²) in [6.45, 7) is 4.66. The van der Waals surface area contributed by atoms with Crippen molar-refractivity contribution in [2.24, 2.45) is 0 Å². The lowest BCUT2D eigenvalue weighted by Crippen LogP contribution is -2.30. The first-order valence-corrected chi connectivity index (χ1v) is 42.8. The summed E-state index contributed by atoms with van der Waals surface area (Å²) in [6, 6.07) is 0. The van der Waals surface area contributed by atoms with Crippen LogP contribution in [0.3, 0.4) is 0 Å². The van der Waals surface area contributed by atoms with Crippen molar-refractivity contribution in [1.29, 1.82) is 0 Å². The van der Waals surface area contributed by atoms with E-state index < -0.39 is 97.5 Å². The van der Waals surface area contributed by atoms with Gasteiger partial charge in [-0.25, -0.2) is 9.13 Å². The van der Waals surface area contributed by atoms with Crippen LogP contribution in [-0.2, 0) is 65.4 Å². The maximum absolute atomic E-state index is 13.1. The molecule has 0 aliphatic carbocycles. The van der Waals surface area contributed by atoms with Crippen molar-refractivity contribution < 1.29 is 80.2 Å². The molecule has 0 heterocycles. The third-order valence-corrected chi connectivity index (χ3v) is 18.8. The molecule has 0 rings (SSSR count). The number of rotatable bonds is 75. The molecule has 17 nitrogen and oxygen atoms in total. The molecular weight excluding hydrogens is 1310 g/mol. The van der Waals surface area contributed by atoms with E-state index in [9.17, 15) is 43.2 Å². The minimum absolute atomic E-state index is 0.0826. The molecule has 3 N–H and O–H groups in total. The van der Waals surface area contributed by atoms with Gasteiger partial charge in [0.2, 0.25) is 0 Å². The number of esters is 4. The summed E-state index contributed by atoms with van der Waals surface area (Å²) < 4.78 is 68.6. The van der Waals surface area contributed by atoms with Crippen molar-refractivity contribution in [3.8, 4) is 0 Å². The standard InChI is InChI=1S/C81H144O17P2/c1-5-9-13-17-21-25-29-33-35-37-39-43-46-50-54-58-62-66-79(84)92-72-77(98-81(86)68-64-60-56-52-48-44-40-38-36-34-30-26-22-18-14-10-6-2)74-96-100(89,90)94-70-75(82)69-93-99(87,88)95-73-76(97-80(85)67-63-59-55-51-47-42-32-28-24-20-16-12-8-4)71-91-78(83)65-61-57-53-49-45-41-31-27-23-19-15-11-7-3/h9-10,13-14,21-22,25-27,31,33-36,75-77,82H,5-8,11-12,15-20,23-24,28-30,32,37-74H2,1-4H3,(H,87,88)(H,89,90)/b13-9-,14-10-,25-21-,26-22-,31-27-,35-33-,36-34-. The van der Waals surface area contributed by atoms with Crippen molar-refractivity contribution in [3.05, 3.63) is 85.1 Å². The highest BCUT2D eigenvalue weighted by atomic mass is 31.2. The molecule has 0 aliphatic heterocycles. The Labute approximate surface area is 608 Å². The number of aliphatic hydroxyl groups is 1. The Hall–Kier alpha value is -3.76. The average Bonchev–Trinajstić information content (AvgIpc) is 1.15. The summed E-state index contributed by atoms with van der Waals surface area (Å²) in [7, 11) is -9.95. The molecule has 0 spiro atoms. The molecular formula is C81H144O17P2. The number of phosphoric acid groups is 2. The summed E-state index contributed by atoms with van der Waals surface area (Å²) in [5, 5.41) is 10.6. The number of aliphatic hydroxyl groups excluding tert-OH is 1. The predicted octanol–water partition coefficient (Wildman–Crippen LogP) is 23.0. The van der Waals surface area contributed by atoms with Gasteiger partial charge in [-0.2, -0.15) is 0 Å². The summed E-state index contributed by atoms with van der Waals surface area (Å²) in [6.07, 6.45) is 75.5. The number of allylic oxidation sites excluding steroid dienone is 14. The number of phosphoric ester groups is 2. The first-order valence-electron chi connectivity index (χ1n) is 39.8. The number of unbranched alkanes of at least 4 members (excludes halogenated alkanes) is 35. The first-order chi connectivity index (χ1) is 48.7. The van der Waals surface area contributed by atoms with Crippen LogP contribution in [0.5, 0.6) is 0 Å². The number of carbonyl (C=O) groups is 4. The number of hydrogen-bond donors (Lipinski definition) is 3. The van der Waals surface area contributed by atoms with E-state index in [0.29, 0.717) is 25.7 Å². The van der Waals surface area contributed by atoms with Crippen molar-refractivity contribution in [2.75, 3.05) is 39.6 Å². The summed E-state index contributed by atoms with van der Waals surface area (Å²) in [4.78, 5) is 73.0. The molecule has 0 aliphatic rings. The van der Waals surface area contributed by atoms with Gasteiger partial charge in [0.05, 0.1) is 26.4 Å². The highest BCUT2D eigenvalue weighted by molar-refractivity contribution is 7.47. The van der Waals surface area contributed by atoms with Gasteiger partial charge in [0.15, 0.2) is 12.2 Å². The van der Waals surface area contributed by atoms with Crippen molar-refractivity contribution >= 4 is 39.5 Å². The van der Waals surface area contributed by atoms with Gasteiger partial charge in [-0.3, -0.25) is 37.3 Å². The van der Waals surface area contributed by atoms with Crippen LogP contribution in [0.25, 0.3) is 0 Å². The molecule has 5 unspecified atom stereocenters. The smallest absolute Gasteiger partial charge is 0.462 e. The van der Waals surface area contributed by atoms with E-state index in [1.54, 1.807) is 0 Å². The minimum atomic E-state index is -4.98. The van der Waals surface area contributed by atoms with E-state index in [4.69, 9.17) is 37.0 Å². The Bertz CT molecular complexity index is 2230. The molecule has 0 aromatic heterocycles. The molecule has 100 heavy (non-hydrogen) atoms. The molecule has 0 amide bonds. The molecule has 0 radical (unpaired) electrons. The third kappa shape index (κ3) is 72.6. The number of ether oxygens (including phenoxy) is 4. The molecule has 0 bridgehead atoms. The van der Waals surface area contributed by atoms with Gasteiger partial charge < -0.3 is 33.8 Å². The van der Waals surface area contributed by atoms with Crippen LogP contribution in [0.15, 0.2) is 85.1 Å². The quantitative estimate of drug-likeness (QED) is 0.0169. The molecule has 19 heteroatoms. The third-order valence-electron chi connectivity index (χ3n) is 16.9. The summed E-state index contributed by atoms with van der Waals surface area (Å²) >= 11 is 0. The second-order valence-corrected chi connectivity index (χ2v) is 29.5. The van der Waals surface area contributed by atoms with Gasteiger partial charge in [0.1, 0.15) is 19.3 Å². The summed E-state index contributed by atoms with van der Waals surface area (Å²) in [5.41, 5.74) is 0. The van der Waals surface area contributed by atoms with E-state index in [1.807, 2.05) is 0 Å². The van der Waals surface area contributed by atoms with E-state index >= 15 is 0 Å². The Kier molecular flexibility index (Phi) is 70.8. The average molecular weight is 1450 g/mol. The Morgan fingerprint density at radius 1 is 0.290 bits per heavy atom. The lowest BCUT2D eigenvalue weighted by molar-refractivity contribution is -0.161. The monoisotopic (exact) mass is 1450 g/mol. The van der Waals surface area contributed by atoms with Gasteiger partial charge in [0.25, 0.3) is 0 Å². The zero-order valence-corrected chi connectivity index (χ0v) is 65.2. The summed E-state index contributed by atoms with van der Waals surface area (Å²) in [5.74, 6) is -2.18. The number of hydrogen-bond acceptors (Lipinski definition) is 15. The fourth-order valence-corrected chi connectivity index (χ4v) is 12.4. The van der Waals surface area contributed by atoms with Gasteiger partial charge in [0, 0.05) is 25.7 Å². The van der Waals surface area contributed by atoms with Crippen molar-refractivity contribution in [3.63, 3.8) is 0 Å². The maximum atomic E-state index is 13.1. The highest BCUT2D eigenvalue weighted by Gasteiger charge is 2.30. The normalized spacial score (nSPS) is 14.3. The van der Waals surface area contributed by atoms with Crippen LogP contribution < -0.4 is 0 Å². The minimum Gasteiger partial charge on any atom is -0.462 e. The van der Waals surface area contributed by atoms with Crippen LogP contribution in [0, 0.1) is 0 Å². The molecule has 5 atom stereocenters. The Balaban J connectivity index is 5.34. The SMILES string of the molecule is CC/C=C\C/C=C\C/C=C\CCCCCCCCCC(=O)OCC(COP(=O)(O)OCC(O)COP(=O)(O)OCC(COC(=O)CCCCCCC/C=C\CCCCCC)OC(=O)CCCCCCCCCCCCCCC)OC(=O)CCCCCCCCC/C=C\C/C=C\C/C=C\CC. The maximum Gasteiger partial charge on any atom is 0.472 e. The van der Waals surface area contributed by atoms with Crippen LogP contribution in [-0.4, -0.2) is 96.7 Å². The van der Waals surface area contributed by atoms with Gasteiger partial charge in [-0.05, 0) is 116 Å². The molecule has 0 aromatic carbocycles. The zero-order valence-electron chi connectivity index (χ0n) is 63.4. The molecule has 0 aromatic rings. The second-order valence-electron chi connectivity index (χ2n) is 26.6. The van der Waals surface area contributed by atoms with Crippen LogP contribution in [0.2, 0.25) is 0 Å². The highest BCUT2D eigenvalue weighted by Crippen LogP contribution is 2.45. The van der Waals surface area contributed by atoms with Crippen molar-refractivity contribution in [2.45, 2.75) is 367 Å². The van der Waals surface area contributed by atoms with Crippen LogP contribution in [0.4, 0.5) is 0 Å². The lowest BCUT2D eigenvalue weighted by atomic mass is 10.0. The van der Waals surface area contributed by atoms with E-state index in [0.717, 1.165) is 193 Å². The Morgan fingerprint density at radius 3 is 0.820 bits per heavy atom. The van der Waals surface area contributed by atoms with Gasteiger partial charge in [-0.15, -0.1) is 0 Å². The molecule has 580 valence electrons. The van der Waals surface area contributed by atoms with E-state index in [2.05, 4.69) is 113 Å². The second kappa shape index (κ2) is 73.5. The zero-order chi connectivity index (χ0) is 73.2. The van der Waals surface area contributed by atoms with Gasteiger partial charge >= 0.3 is 39.5 Å². The van der Waals surface area contributed by atoms with Crippen LogP contribution >= 0.6 is 15.6 Å². The van der Waals surface area contributed by atoms with E-state index in [1.165, 1.54) is 77.0 Å². The molecule has 0 saturated heterocycles. The largest absolute Gasteiger partial charge is 0.472 e. The van der Waals surface area contributed by atoms with Crippen LogP contribution in [0.1, 0.15) is 349 Å². The van der Waals surface area contributed by atoms with E-state index in [-0.39, 0.29) is 25.7 Å². The fraction of sp³-hybridized carbons (Fsp3) is 0.778. The van der Waals surface area contributed by atoms with Crippen molar-refractivity contribution in [1.82, 2.24) is 0 Å². The first kappa shape index (κ1) is 96.2. The fourth-order valence-electron chi connectivity index (χ4n) is 10.8. The molecule has 0 fully saturated rings. The Morgan fingerprint density at radius 2 is 0.520 bits per heavy atom. The molecule has 0 saturated carbocycles. The predicted molar refractivity (Wildman–Crippen MR) is 409 cm³/mol.